The van der Waals surface area contributed by atoms with E-state index in [0.717, 1.165) is 12.3 Å². The SMILES string of the molecule is C=C(C)C(=O)N=S(C)(=O)C(C)c1ccc(C(F)(F)F)nc1. The third kappa shape index (κ3) is 4.38. The van der Waals surface area contributed by atoms with Gasteiger partial charge in [0.2, 0.25) is 0 Å². The van der Waals surface area contributed by atoms with Gasteiger partial charge in [0.25, 0.3) is 5.91 Å². The van der Waals surface area contributed by atoms with E-state index in [1.807, 2.05) is 0 Å². The minimum atomic E-state index is -4.53. The first kappa shape index (κ1) is 17.4. The van der Waals surface area contributed by atoms with Gasteiger partial charge in [-0.25, -0.2) is 4.21 Å². The van der Waals surface area contributed by atoms with Crippen molar-refractivity contribution in [1.82, 2.24) is 4.98 Å². The van der Waals surface area contributed by atoms with Gasteiger partial charge >= 0.3 is 6.18 Å². The Kier molecular flexibility index (Phi) is 4.93. The second-order valence-corrected chi connectivity index (χ2v) is 7.27. The van der Waals surface area contributed by atoms with Gasteiger partial charge in [0.15, 0.2) is 0 Å². The van der Waals surface area contributed by atoms with Crippen LogP contribution in [0.25, 0.3) is 0 Å². The molecule has 0 N–H and O–H groups in total. The Morgan fingerprint density at radius 1 is 1.43 bits per heavy atom. The number of pyridine rings is 1. The smallest absolute Gasteiger partial charge is 0.267 e. The number of hydrogen-bond acceptors (Lipinski definition) is 3. The molecule has 0 spiro atoms. The minimum Gasteiger partial charge on any atom is -0.267 e. The highest BCUT2D eigenvalue weighted by molar-refractivity contribution is 7.93. The first-order chi connectivity index (χ1) is 9.45. The minimum absolute atomic E-state index is 0.141. The van der Waals surface area contributed by atoms with E-state index in [0.29, 0.717) is 5.56 Å². The van der Waals surface area contributed by atoms with Crippen LogP contribution in [0.5, 0.6) is 0 Å². The number of hydrogen-bond donors (Lipinski definition) is 0. The Labute approximate surface area is 121 Å². The van der Waals surface area contributed by atoms with Crippen LogP contribution < -0.4 is 0 Å². The Bertz CT molecular complexity index is 672. The average molecular weight is 320 g/mol. The van der Waals surface area contributed by atoms with Crippen molar-refractivity contribution in [2.75, 3.05) is 6.26 Å². The summed E-state index contributed by atoms with van der Waals surface area (Å²) in [6.07, 6.45) is -2.26. The molecule has 0 aliphatic heterocycles. The molecule has 0 aromatic carbocycles. The molecule has 1 aromatic heterocycles. The molecule has 8 heteroatoms. The molecule has 0 radical (unpaired) electrons. The van der Waals surface area contributed by atoms with Crippen molar-refractivity contribution in [3.63, 3.8) is 0 Å². The van der Waals surface area contributed by atoms with Gasteiger partial charge in [-0.3, -0.25) is 9.78 Å². The zero-order valence-electron chi connectivity index (χ0n) is 11.8. The predicted molar refractivity (Wildman–Crippen MR) is 74.0 cm³/mol. The fourth-order valence-corrected chi connectivity index (χ4v) is 2.68. The lowest BCUT2D eigenvalue weighted by Crippen LogP contribution is -2.13. The molecule has 1 aromatic rings. The van der Waals surface area contributed by atoms with Gasteiger partial charge in [-0.15, -0.1) is 0 Å². The van der Waals surface area contributed by atoms with Crippen LogP contribution in [0.2, 0.25) is 0 Å². The van der Waals surface area contributed by atoms with Crippen LogP contribution in [-0.4, -0.2) is 21.4 Å². The lowest BCUT2D eigenvalue weighted by molar-refractivity contribution is -0.141. The van der Waals surface area contributed by atoms with Crippen molar-refractivity contribution >= 4 is 15.6 Å². The summed E-state index contributed by atoms with van der Waals surface area (Å²) < 4.78 is 53.3. The molecule has 4 nitrogen and oxygen atoms in total. The normalized spacial score (nSPS) is 15.9. The summed E-state index contributed by atoms with van der Waals surface area (Å²) in [6.45, 7) is 6.36. The Hall–Kier alpha value is -1.70. The van der Waals surface area contributed by atoms with Gasteiger partial charge in [0.05, 0.1) is 15.0 Å². The van der Waals surface area contributed by atoms with Crippen LogP contribution in [-0.2, 0) is 20.7 Å². The van der Waals surface area contributed by atoms with Crippen molar-refractivity contribution in [2.45, 2.75) is 25.3 Å². The second kappa shape index (κ2) is 5.97. The van der Waals surface area contributed by atoms with Gasteiger partial charge in [-0.05, 0) is 25.5 Å². The molecule has 1 rings (SSSR count). The maximum atomic E-state index is 12.4. The van der Waals surface area contributed by atoms with Crippen molar-refractivity contribution in [3.8, 4) is 0 Å². The molecular weight excluding hydrogens is 305 g/mol. The molecule has 2 atom stereocenters. The van der Waals surface area contributed by atoms with Gasteiger partial charge in [0, 0.05) is 18.0 Å². The number of alkyl halides is 3. The summed E-state index contributed by atoms with van der Waals surface area (Å²) in [5.41, 5.74) is -0.577. The highest BCUT2D eigenvalue weighted by atomic mass is 32.2. The van der Waals surface area contributed by atoms with E-state index in [-0.39, 0.29) is 5.57 Å². The molecule has 0 aliphatic carbocycles. The lowest BCUT2D eigenvalue weighted by Gasteiger charge is -2.14. The largest absolute Gasteiger partial charge is 0.433 e. The molecule has 1 amide bonds. The van der Waals surface area contributed by atoms with Crippen molar-refractivity contribution in [3.05, 3.63) is 41.7 Å². The van der Waals surface area contributed by atoms with E-state index in [2.05, 4.69) is 15.9 Å². The van der Waals surface area contributed by atoms with Crippen molar-refractivity contribution < 1.29 is 22.2 Å². The summed E-state index contributed by atoms with van der Waals surface area (Å²) in [5.74, 6) is -0.686. The highest BCUT2D eigenvalue weighted by Crippen LogP contribution is 2.29. The number of carbonyl (C=O) groups is 1. The predicted octanol–water partition coefficient (Wildman–Crippen LogP) is 3.36. The molecule has 21 heavy (non-hydrogen) atoms. The average Bonchev–Trinajstić information content (AvgIpc) is 2.36. The third-order valence-electron chi connectivity index (χ3n) is 2.83. The van der Waals surface area contributed by atoms with Gasteiger partial charge in [-0.2, -0.15) is 17.5 Å². The van der Waals surface area contributed by atoms with Gasteiger partial charge in [-0.1, -0.05) is 12.6 Å². The summed E-state index contributed by atoms with van der Waals surface area (Å²) in [7, 11) is -2.96. The molecular formula is C13H15F3N2O2S. The number of nitrogens with zero attached hydrogens (tertiary/aromatic N) is 2. The number of halogens is 3. The first-order valence-corrected chi connectivity index (χ1v) is 7.87. The second-order valence-electron chi connectivity index (χ2n) is 4.65. The van der Waals surface area contributed by atoms with Crippen LogP contribution in [0, 0.1) is 0 Å². The topological polar surface area (TPSA) is 59.4 Å². The lowest BCUT2D eigenvalue weighted by atomic mass is 10.2. The highest BCUT2D eigenvalue weighted by Gasteiger charge is 2.32. The van der Waals surface area contributed by atoms with E-state index >= 15 is 0 Å². The van der Waals surface area contributed by atoms with E-state index in [1.165, 1.54) is 26.2 Å². The molecule has 0 saturated heterocycles. The van der Waals surface area contributed by atoms with Crippen molar-refractivity contribution in [2.24, 2.45) is 4.36 Å². The summed E-state index contributed by atoms with van der Waals surface area (Å²) in [5, 5.41) is -0.740. The monoisotopic (exact) mass is 320 g/mol. The molecule has 2 unspecified atom stereocenters. The zero-order chi connectivity index (χ0) is 16.4. The fraction of sp³-hybridized carbons (Fsp3) is 0.385. The molecule has 0 aliphatic rings. The first-order valence-electron chi connectivity index (χ1n) is 5.89. The molecule has 116 valence electrons. The summed E-state index contributed by atoms with van der Waals surface area (Å²) in [4.78, 5) is 14.8. The summed E-state index contributed by atoms with van der Waals surface area (Å²) in [6, 6.07) is 1.99. The Balaban J connectivity index is 3.14. The molecule has 0 bridgehead atoms. The van der Waals surface area contributed by atoms with E-state index < -0.39 is 32.8 Å². The Morgan fingerprint density at radius 3 is 2.38 bits per heavy atom. The Morgan fingerprint density at radius 2 is 2.00 bits per heavy atom. The van der Waals surface area contributed by atoms with Gasteiger partial charge < -0.3 is 0 Å². The van der Waals surface area contributed by atoms with Crippen molar-refractivity contribution in [1.29, 1.82) is 0 Å². The van der Waals surface area contributed by atoms with E-state index in [1.54, 1.807) is 0 Å². The third-order valence-corrected chi connectivity index (χ3v) is 4.94. The van der Waals surface area contributed by atoms with Crippen LogP contribution in [0.4, 0.5) is 13.2 Å². The quantitative estimate of drug-likeness (QED) is 0.802. The van der Waals surface area contributed by atoms with E-state index in [9.17, 15) is 22.2 Å². The number of aromatic nitrogens is 1. The number of rotatable bonds is 3. The van der Waals surface area contributed by atoms with Crippen LogP contribution >= 0.6 is 0 Å². The van der Waals surface area contributed by atoms with Gasteiger partial charge in [0.1, 0.15) is 5.69 Å². The van der Waals surface area contributed by atoms with Crippen LogP contribution in [0.3, 0.4) is 0 Å². The molecule has 0 saturated carbocycles. The molecule has 1 heterocycles. The maximum Gasteiger partial charge on any atom is 0.433 e. The van der Waals surface area contributed by atoms with Crippen LogP contribution in [0.15, 0.2) is 34.8 Å². The fourth-order valence-electron chi connectivity index (χ4n) is 1.39. The number of carbonyl (C=O) groups excluding carboxylic acids is 1. The summed E-state index contributed by atoms with van der Waals surface area (Å²) >= 11 is 0. The zero-order valence-corrected chi connectivity index (χ0v) is 12.6. The van der Waals surface area contributed by atoms with Crippen LogP contribution in [0.1, 0.15) is 30.4 Å². The van der Waals surface area contributed by atoms with E-state index in [4.69, 9.17) is 0 Å². The standard InChI is InChI=1S/C13H15F3N2O2S/c1-8(2)12(19)18-21(4,20)9(3)10-5-6-11(17-7-10)13(14,15)16/h5-7,9H,1H2,2-4H3. The molecule has 0 fully saturated rings. The maximum absolute atomic E-state index is 12.4. The number of amides is 1.